The van der Waals surface area contributed by atoms with E-state index in [1.54, 1.807) is 26.4 Å². The molecule has 0 aliphatic carbocycles. The van der Waals surface area contributed by atoms with Gasteiger partial charge >= 0.3 is 0 Å². The lowest BCUT2D eigenvalue weighted by molar-refractivity contribution is 0.185. The van der Waals surface area contributed by atoms with Crippen molar-refractivity contribution in [2.24, 2.45) is 0 Å². The van der Waals surface area contributed by atoms with Crippen LogP contribution >= 0.6 is 0 Å². The zero-order chi connectivity index (χ0) is 14.4. The van der Waals surface area contributed by atoms with E-state index in [9.17, 15) is 0 Å². The smallest absolute Gasteiger partial charge is 0.121 e. The van der Waals surface area contributed by atoms with Crippen molar-refractivity contribution in [3.8, 4) is 11.8 Å². The van der Waals surface area contributed by atoms with Crippen LogP contribution in [0.15, 0.2) is 42.5 Å². The first-order valence-electron chi connectivity index (χ1n) is 6.20. The predicted molar refractivity (Wildman–Crippen MR) is 78.1 cm³/mol. The highest BCUT2D eigenvalue weighted by Gasteiger charge is 2.05. The summed E-state index contributed by atoms with van der Waals surface area (Å²) in [5, 5.41) is 12.4. The number of ether oxygens (including phenoxy) is 2. The average Bonchev–Trinajstić information content (AvgIpc) is 2.48. The van der Waals surface area contributed by atoms with E-state index < -0.39 is 0 Å². The Morgan fingerprint density at radius 2 is 2.00 bits per heavy atom. The van der Waals surface area contributed by atoms with Gasteiger partial charge in [-0.15, -0.1) is 0 Å². The van der Waals surface area contributed by atoms with Crippen LogP contribution in [0.3, 0.4) is 0 Å². The van der Waals surface area contributed by atoms with Gasteiger partial charge in [0.2, 0.25) is 0 Å². The van der Waals surface area contributed by atoms with Crippen molar-refractivity contribution in [3.63, 3.8) is 0 Å². The zero-order valence-electron chi connectivity index (χ0n) is 11.5. The topological polar surface area (TPSA) is 54.3 Å². The number of benzene rings is 2. The SMILES string of the molecule is COCc1cccc(Nc2cc(OC)ccc2C#N)c1. The van der Waals surface area contributed by atoms with Gasteiger partial charge in [0.05, 0.1) is 25.0 Å². The van der Waals surface area contributed by atoms with Crippen molar-refractivity contribution in [2.45, 2.75) is 6.61 Å². The first-order chi connectivity index (χ1) is 9.76. The molecule has 0 heterocycles. The Hall–Kier alpha value is -2.51. The highest BCUT2D eigenvalue weighted by atomic mass is 16.5. The van der Waals surface area contributed by atoms with Gasteiger partial charge in [0.25, 0.3) is 0 Å². The van der Waals surface area contributed by atoms with Gasteiger partial charge in [-0.3, -0.25) is 0 Å². The summed E-state index contributed by atoms with van der Waals surface area (Å²) in [6.07, 6.45) is 0. The minimum Gasteiger partial charge on any atom is -0.497 e. The molecule has 0 spiro atoms. The molecule has 0 saturated heterocycles. The number of anilines is 2. The maximum Gasteiger partial charge on any atom is 0.121 e. The fraction of sp³-hybridized carbons (Fsp3) is 0.188. The van der Waals surface area contributed by atoms with Crippen LogP contribution < -0.4 is 10.1 Å². The van der Waals surface area contributed by atoms with Crippen LogP contribution in [0.1, 0.15) is 11.1 Å². The monoisotopic (exact) mass is 268 g/mol. The van der Waals surface area contributed by atoms with Gasteiger partial charge in [0, 0.05) is 18.9 Å². The van der Waals surface area contributed by atoms with Gasteiger partial charge in [0.1, 0.15) is 11.8 Å². The second-order valence-electron chi connectivity index (χ2n) is 4.28. The van der Waals surface area contributed by atoms with E-state index in [0.29, 0.717) is 17.9 Å². The van der Waals surface area contributed by atoms with Crippen LogP contribution in [-0.2, 0) is 11.3 Å². The van der Waals surface area contributed by atoms with Crippen LogP contribution in [0, 0.1) is 11.3 Å². The number of rotatable bonds is 5. The van der Waals surface area contributed by atoms with Gasteiger partial charge in [-0.2, -0.15) is 5.26 Å². The number of nitriles is 1. The maximum atomic E-state index is 9.15. The molecule has 20 heavy (non-hydrogen) atoms. The van der Waals surface area contributed by atoms with Crippen molar-refractivity contribution >= 4 is 11.4 Å². The van der Waals surface area contributed by atoms with E-state index in [1.807, 2.05) is 30.3 Å². The minimum absolute atomic E-state index is 0.554. The van der Waals surface area contributed by atoms with E-state index in [-0.39, 0.29) is 0 Å². The van der Waals surface area contributed by atoms with Crippen molar-refractivity contribution < 1.29 is 9.47 Å². The molecule has 1 N–H and O–H groups in total. The first-order valence-corrected chi connectivity index (χ1v) is 6.20. The average molecular weight is 268 g/mol. The molecule has 2 aromatic rings. The highest BCUT2D eigenvalue weighted by molar-refractivity contribution is 5.68. The number of nitrogens with zero attached hydrogens (tertiary/aromatic N) is 1. The van der Waals surface area contributed by atoms with Crippen molar-refractivity contribution in [3.05, 3.63) is 53.6 Å². The summed E-state index contributed by atoms with van der Waals surface area (Å²) < 4.78 is 10.3. The third kappa shape index (κ3) is 3.28. The van der Waals surface area contributed by atoms with E-state index in [0.717, 1.165) is 16.9 Å². The highest BCUT2D eigenvalue weighted by Crippen LogP contribution is 2.25. The Labute approximate surface area is 118 Å². The second-order valence-corrected chi connectivity index (χ2v) is 4.28. The predicted octanol–water partition coefficient (Wildman–Crippen LogP) is 3.46. The largest absolute Gasteiger partial charge is 0.497 e. The molecule has 2 rings (SSSR count). The van der Waals surface area contributed by atoms with Crippen LogP contribution in [0.2, 0.25) is 0 Å². The van der Waals surface area contributed by atoms with Gasteiger partial charge in [-0.25, -0.2) is 0 Å². The minimum atomic E-state index is 0.554. The molecule has 0 aliphatic rings. The van der Waals surface area contributed by atoms with Gasteiger partial charge in [-0.1, -0.05) is 12.1 Å². The third-order valence-corrected chi connectivity index (χ3v) is 2.86. The Bertz CT molecular complexity index is 633. The third-order valence-electron chi connectivity index (χ3n) is 2.86. The molecular formula is C16H16N2O2. The van der Waals surface area contributed by atoms with Gasteiger partial charge < -0.3 is 14.8 Å². The summed E-state index contributed by atoms with van der Waals surface area (Å²) in [7, 11) is 3.26. The van der Waals surface area contributed by atoms with Gasteiger partial charge in [-0.05, 0) is 29.8 Å². The fourth-order valence-electron chi connectivity index (χ4n) is 1.91. The quantitative estimate of drug-likeness (QED) is 0.902. The Morgan fingerprint density at radius 1 is 1.15 bits per heavy atom. The lowest BCUT2D eigenvalue weighted by Crippen LogP contribution is -1.96. The molecule has 0 amide bonds. The first kappa shape index (κ1) is 13.9. The molecule has 0 aliphatic heterocycles. The number of hydrogen-bond acceptors (Lipinski definition) is 4. The molecule has 4 nitrogen and oxygen atoms in total. The van der Waals surface area contributed by atoms with E-state index in [1.165, 1.54) is 0 Å². The molecule has 0 bridgehead atoms. The normalized spacial score (nSPS) is 9.85. The van der Waals surface area contributed by atoms with Crippen LogP contribution in [0.5, 0.6) is 5.75 Å². The summed E-state index contributed by atoms with van der Waals surface area (Å²) in [5.41, 5.74) is 3.27. The Balaban J connectivity index is 2.29. The summed E-state index contributed by atoms with van der Waals surface area (Å²) in [4.78, 5) is 0. The molecule has 0 saturated carbocycles. The summed E-state index contributed by atoms with van der Waals surface area (Å²) in [6.45, 7) is 0.554. The van der Waals surface area contributed by atoms with E-state index >= 15 is 0 Å². The number of hydrogen-bond donors (Lipinski definition) is 1. The molecule has 0 aromatic heterocycles. The molecule has 0 unspecified atom stereocenters. The molecule has 4 heteroatoms. The molecule has 2 aromatic carbocycles. The van der Waals surface area contributed by atoms with Gasteiger partial charge in [0.15, 0.2) is 0 Å². The van der Waals surface area contributed by atoms with Crippen LogP contribution in [0.4, 0.5) is 11.4 Å². The molecular weight excluding hydrogens is 252 g/mol. The lowest BCUT2D eigenvalue weighted by atomic mass is 10.1. The van der Waals surface area contributed by atoms with Crippen LogP contribution in [0.25, 0.3) is 0 Å². The number of nitrogens with one attached hydrogen (secondary N) is 1. The summed E-state index contributed by atoms with van der Waals surface area (Å²) >= 11 is 0. The summed E-state index contributed by atoms with van der Waals surface area (Å²) in [6, 6.07) is 15.3. The molecule has 0 atom stereocenters. The standard InChI is InChI=1S/C16H16N2O2/c1-19-11-12-4-3-5-14(8-12)18-16-9-15(20-2)7-6-13(16)10-17/h3-9,18H,11H2,1-2H3. The molecule has 0 fully saturated rings. The second kappa shape index (κ2) is 6.60. The van der Waals surface area contributed by atoms with Crippen LogP contribution in [-0.4, -0.2) is 14.2 Å². The molecule has 102 valence electrons. The lowest BCUT2D eigenvalue weighted by Gasteiger charge is -2.11. The van der Waals surface area contributed by atoms with Crippen molar-refractivity contribution in [1.82, 2.24) is 0 Å². The van der Waals surface area contributed by atoms with Crippen molar-refractivity contribution in [2.75, 3.05) is 19.5 Å². The van der Waals surface area contributed by atoms with E-state index in [2.05, 4.69) is 11.4 Å². The van der Waals surface area contributed by atoms with E-state index in [4.69, 9.17) is 14.7 Å². The maximum absolute atomic E-state index is 9.15. The zero-order valence-corrected chi connectivity index (χ0v) is 11.5. The fourth-order valence-corrected chi connectivity index (χ4v) is 1.91. The number of methoxy groups -OCH3 is 2. The van der Waals surface area contributed by atoms with Crippen molar-refractivity contribution in [1.29, 1.82) is 5.26 Å². The summed E-state index contributed by atoms with van der Waals surface area (Å²) in [5.74, 6) is 0.708. The Morgan fingerprint density at radius 3 is 2.70 bits per heavy atom. The molecule has 0 radical (unpaired) electrons. The Kier molecular flexibility index (Phi) is 4.59.